The number of ether oxygens (including phenoxy) is 1. The summed E-state index contributed by atoms with van der Waals surface area (Å²) in [4.78, 5) is 12.3. The van der Waals surface area contributed by atoms with Crippen molar-refractivity contribution < 1.29 is 9.53 Å². The zero-order chi connectivity index (χ0) is 15.0. The fourth-order valence-electron chi connectivity index (χ4n) is 2.76. The summed E-state index contributed by atoms with van der Waals surface area (Å²) in [6.07, 6.45) is 0.838. The van der Waals surface area contributed by atoms with E-state index >= 15 is 0 Å². The average Bonchev–Trinajstić information content (AvgIpc) is 2.97. The lowest BCUT2D eigenvalue weighted by Crippen LogP contribution is -2.34. The van der Waals surface area contributed by atoms with E-state index in [0.717, 1.165) is 23.6 Å². The Bertz CT molecular complexity index is 666. The van der Waals surface area contributed by atoms with Crippen molar-refractivity contribution in [2.45, 2.75) is 26.4 Å². The zero-order valence-corrected chi connectivity index (χ0v) is 12.5. The van der Waals surface area contributed by atoms with E-state index in [1.807, 2.05) is 39.1 Å². The highest BCUT2D eigenvalue weighted by Gasteiger charge is 2.24. The highest BCUT2D eigenvalue weighted by Crippen LogP contribution is 2.27. The van der Waals surface area contributed by atoms with Crippen molar-refractivity contribution in [2.75, 3.05) is 6.54 Å². The van der Waals surface area contributed by atoms with E-state index in [1.54, 1.807) is 4.68 Å². The fourth-order valence-corrected chi connectivity index (χ4v) is 2.76. The number of aryl methyl sites for hydroxylation is 2. The van der Waals surface area contributed by atoms with Crippen molar-refractivity contribution in [3.63, 3.8) is 0 Å². The van der Waals surface area contributed by atoms with Gasteiger partial charge in [0.2, 0.25) is 0 Å². The number of hydrogen-bond donors (Lipinski definition) is 1. The van der Waals surface area contributed by atoms with Gasteiger partial charge in [-0.2, -0.15) is 5.10 Å². The molecule has 1 N–H and O–H groups in total. The number of carbonyl (C=O) groups excluding carboxylic acids is 1. The first kappa shape index (κ1) is 13.7. The first-order valence-electron chi connectivity index (χ1n) is 7.09. The lowest BCUT2D eigenvalue weighted by Gasteiger charge is -2.12. The predicted molar refractivity (Wildman–Crippen MR) is 79.6 cm³/mol. The summed E-state index contributed by atoms with van der Waals surface area (Å²) in [7, 11) is 1.84. The van der Waals surface area contributed by atoms with Crippen LogP contribution in [-0.2, 0) is 13.5 Å². The maximum Gasteiger partial charge on any atom is 0.255 e. The van der Waals surface area contributed by atoms with Crippen LogP contribution >= 0.6 is 0 Å². The molecular weight excluding hydrogens is 266 g/mol. The van der Waals surface area contributed by atoms with Crippen LogP contribution in [0.5, 0.6) is 5.75 Å². The number of carbonyl (C=O) groups is 1. The van der Waals surface area contributed by atoms with Gasteiger partial charge in [-0.25, -0.2) is 0 Å². The predicted octanol–water partition coefficient (Wildman–Crippen LogP) is 1.77. The van der Waals surface area contributed by atoms with E-state index in [9.17, 15) is 4.79 Å². The van der Waals surface area contributed by atoms with Crippen molar-refractivity contribution in [1.82, 2.24) is 15.1 Å². The second-order valence-electron chi connectivity index (χ2n) is 5.43. The zero-order valence-electron chi connectivity index (χ0n) is 12.5. The second kappa shape index (κ2) is 5.24. The molecule has 5 heteroatoms. The standard InChI is InChI=1S/C16H19N3O2/c1-10-15(11(2)19(3)18-10)16(20)17-9-13-8-12-6-4-5-7-14(12)21-13/h4-7,13H,8-9H2,1-3H3,(H,17,20)/t13-/m0/s1. The van der Waals surface area contributed by atoms with E-state index < -0.39 is 0 Å². The summed E-state index contributed by atoms with van der Waals surface area (Å²) in [6.45, 7) is 4.25. The smallest absolute Gasteiger partial charge is 0.255 e. The molecule has 110 valence electrons. The molecule has 0 aliphatic carbocycles. The molecule has 2 aromatic rings. The topological polar surface area (TPSA) is 56.2 Å². The van der Waals surface area contributed by atoms with Gasteiger partial charge in [-0.3, -0.25) is 9.48 Å². The number of aromatic nitrogens is 2. The number of nitrogens with one attached hydrogen (secondary N) is 1. The molecule has 0 radical (unpaired) electrons. The first-order chi connectivity index (χ1) is 10.1. The maximum absolute atomic E-state index is 12.3. The van der Waals surface area contributed by atoms with Crippen molar-refractivity contribution in [3.05, 3.63) is 46.8 Å². The fraction of sp³-hybridized carbons (Fsp3) is 0.375. The van der Waals surface area contributed by atoms with E-state index in [-0.39, 0.29) is 12.0 Å². The largest absolute Gasteiger partial charge is 0.488 e. The molecule has 0 fully saturated rings. The molecule has 1 aliphatic heterocycles. The third-order valence-electron chi connectivity index (χ3n) is 3.94. The number of nitrogens with zero attached hydrogens (tertiary/aromatic N) is 2. The van der Waals surface area contributed by atoms with Gasteiger partial charge >= 0.3 is 0 Å². The van der Waals surface area contributed by atoms with Crippen LogP contribution in [0.15, 0.2) is 24.3 Å². The minimum absolute atomic E-state index is 0.00336. The van der Waals surface area contributed by atoms with Crippen molar-refractivity contribution >= 4 is 5.91 Å². The van der Waals surface area contributed by atoms with E-state index in [2.05, 4.69) is 16.5 Å². The Morgan fingerprint density at radius 1 is 1.43 bits per heavy atom. The number of para-hydroxylation sites is 1. The molecule has 0 spiro atoms. The number of benzene rings is 1. The van der Waals surface area contributed by atoms with Crippen molar-refractivity contribution in [2.24, 2.45) is 7.05 Å². The molecule has 0 saturated heterocycles. The number of amides is 1. The van der Waals surface area contributed by atoms with Crippen molar-refractivity contribution in [1.29, 1.82) is 0 Å². The summed E-state index contributed by atoms with van der Waals surface area (Å²) in [5.74, 6) is 0.836. The van der Waals surface area contributed by atoms with Crippen LogP contribution in [0.4, 0.5) is 0 Å². The van der Waals surface area contributed by atoms with Gasteiger partial charge in [-0.1, -0.05) is 18.2 Å². The van der Waals surface area contributed by atoms with E-state index in [4.69, 9.17) is 4.74 Å². The lowest BCUT2D eigenvalue weighted by molar-refractivity contribution is 0.0932. The molecule has 5 nitrogen and oxygen atoms in total. The van der Waals surface area contributed by atoms with Crippen molar-refractivity contribution in [3.8, 4) is 5.75 Å². The number of hydrogen-bond acceptors (Lipinski definition) is 3. The molecule has 0 bridgehead atoms. The van der Waals surface area contributed by atoms with Crippen LogP contribution in [0.2, 0.25) is 0 Å². The van der Waals surface area contributed by atoms with Crippen LogP contribution in [0.1, 0.15) is 27.3 Å². The molecular formula is C16H19N3O2. The Kier molecular flexibility index (Phi) is 3.41. The minimum atomic E-state index is -0.0855. The molecule has 1 aromatic carbocycles. The monoisotopic (exact) mass is 285 g/mol. The molecule has 2 heterocycles. The highest BCUT2D eigenvalue weighted by atomic mass is 16.5. The highest BCUT2D eigenvalue weighted by molar-refractivity contribution is 5.96. The van der Waals surface area contributed by atoms with Gasteiger partial charge in [0.25, 0.3) is 5.91 Å². The lowest BCUT2D eigenvalue weighted by atomic mass is 10.1. The SMILES string of the molecule is Cc1nn(C)c(C)c1C(=O)NC[C@@H]1Cc2ccccc2O1. The van der Waals surface area contributed by atoms with Gasteiger partial charge in [-0.15, -0.1) is 0 Å². The van der Waals surface area contributed by atoms with E-state index in [0.29, 0.717) is 12.1 Å². The van der Waals surface area contributed by atoms with Gasteiger partial charge < -0.3 is 10.1 Å². The van der Waals surface area contributed by atoms with Crippen LogP contribution in [-0.4, -0.2) is 28.3 Å². The second-order valence-corrected chi connectivity index (χ2v) is 5.43. The molecule has 1 aromatic heterocycles. The average molecular weight is 285 g/mol. The normalized spacial score (nSPS) is 16.4. The van der Waals surface area contributed by atoms with Crippen LogP contribution in [0.25, 0.3) is 0 Å². The van der Waals surface area contributed by atoms with Gasteiger partial charge in [0.1, 0.15) is 11.9 Å². The quantitative estimate of drug-likeness (QED) is 0.935. The first-order valence-corrected chi connectivity index (χ1v) is 7.09. The van der Waals surface area contributed by atoms with Crippen LogP contribution < -0.4 is 10.1 Å². The van der Waals surface area contributed by atoms with Gasteiger partial charge in [-0.05, 0) is 25.5 Å². The summed E-state index contributed by atoms with van der Waals surface area (Å²) < 4.78 is 7.55. The number of rotatable bonds is 3. The minimum Gasteiger partial charge on any atom is -0.488 e. The summed E-state index contributed by atoms with van der Waals surface area (Å²) in [6, 6.07) is 7.99. The molecule has 1 aliphatic rings. The Balaban J connectivity index is 1.63. The summed E-state index contributed by atoms with van der Waals surface area (Å²) in [5, 5.41) is 7.22. The molecule has 0 unspecified atom stereocenters. The molecule has 0 saturated carbocycles. The molecule has 21 heavy (non-hydrogen) atoms. The Morgan fingerprint density at radius 3 is 2.86 bits per heavy atom. The Morgan fingerprint density at radius 2 is 2.19 bits per heavy atom. The molecule has 3 rings (SSSR count). The van der Waals surface area contributed by atoms with Gasteiger partial charge in [0, 0.05) is 19.2 Å². The Hall–Kier alpha value is -2.30. The summed E-state index contributed by atoms with van der Waals surface area (Å²) >= 11 is 0. The third kappa shape index (κ3) is 2.51. The molecule has 1 atom stereocenters. The van der Waals surface area contributed by atoms with E-state index in [1.165, 1.54) is 5.56 Å². The maximum atomic E-state index is 12.3. The van der Waals surface area contributed by atoms with Gasteiger partial charge in [0.15, 0.2) is 0 Å². The van der Waals surface area contributed by atoms with Gasteiger partial charge in [0.05, 0.1) is 17.8 Å². The molecule has 1 amide bonds. The number of fused-ring (bicyclic) bond motifs is 1. The Labute approximate surface area is 123 Å². The van der Waals surface area contributed by atoms with Crippen LogP contribution in [0, 0.1) is 13.8 Å². The summed E-state index contributed by atoms with van der Waals surface area (Å²) in [5.41, 5.74) is 3.49. The third-order valence-corrected chi connectivity index (χ3v) is 3.94. The van der Waals surface area contributed by atoms with Crippen LogP contribution in [0.3, 0.4) is 0 Å².